The van der Waals surface area contributed by atoms with Crippen LogP contribution in [0.2, 0.25) is 0 Å². The molecule has 0 aliphatic heterocycles. The number of rotatable bonds is 8. The van der Waals surface area contributed by atoms with Crippen molar-refractivity contribution in [2.24, 2.45) is 12.0 Å². The molecule has 0 aliphatic carbocycles. The first-order chi connectivity index (χ1) is 14.5. The Labute approximate surface area is 178 Å². The van der Waals surface area contributed by atoms with Crippen molar-refractivity contribution >= 4 is 5.96 Å². The number of hydrogen-bond donors (Lipinski definition) is 2. The molecule has 2 N–H and O–H groups in total. The molecule has 0 fully saturated rings. The maximum absolute atomic E-state index is 4.86. The summed E-state index contributed by atoms with van der Waals surface area (Å²) in [5, 5.41) is 15.5. The van der Waals surface area contributed by atoms with Crippen LogP contribution in [0.25, 0.3) is 5.69 Å². The molecule has 2 heterocycles. The third-order valence-corrected chi connectivity index (χ3v) is 4.99. The number of aliphatic imine (C=N–C) groups is 1. The topological polar surface area (TPSA) is 75.3 Å². The molecule has 2 atom stereocenters. The van der Waals surface area contributed by atoms with E-state index in [4.69, 9.17) is 4.99 Å². The van der Waals surface area contributed by atoms with E-state index in [0.29, 0.717) is 6.54 Å². The minimum atomic E-state index is 0.0921. The number of aromatic nitrogens is 4. The molecule has 3 aromatic rings. The average molecular weight is 409 g/mol. The third-order valence-electron chi connectivity index (χ3n) is 4.99. The predicted molar refractivity (Wildman–Crippen MR) is 121 cm³/mol. The van der Waals surface area contributed by atoms with Crippen LogP contribution in [0.5, 0.6) is 0 Å². The molecule has 8 heteroatoms. The molecule has 160 valence electrons. The van der Waals surface area contributed by atoms with Crippen molar-refractivity contribution in [2.45, 2.75) is 25.9 Å². The van der Waals surface area contributed by atoms with Gasteiger partial charge >= 0.3 is 0 Å². The fourth-order valence-electron chi connectivity index (χ4n) is 3.32. The first-order valence-corrected chi connectivity index (χ1v) is 10.3. The van der Waals surface area contributed by atoms with Crippen LogP contribution in [0, 0.1) is 0 Å². The van der Waals surface area contributed by atoms with E-state index in [1.54, 1.807) is 6.20 Å². The van der Waals surface area contributed by atoms with Crippen LogP contribution in [-0.2, 0) is 7.05 Å². The van der Waals surface area contributed by atoms with Gasteiger partial charge in [-0.15, -0.1) is 0 Å². The fraction of sp³-hybridized carbons (Fsp3) is 0.409. The van der Waals surface area contributed by atoms with E-state index >= 15 is 0 Å². The zero-order chi connectivity index (χ0) is 21.5. The van der Waals surface area contributed by atoms with Crippen LogP contribution >= 0.6 is 0 Å². The number of nitrogens with one attached hydrogen (secondary N) is 2. The van der Waals surface area contributed by atoms with Gasteiger partial charge in [-0.1, -0.05) is 12.1 Å². The molecular weight excluding hydrogens is 376 g/mol. The average Bonchev–Trinajstić information content (AvgIpc) is 3.40. The summed E-state index contributed by atoms with van der Waals surface area (Å²) in [6.45, 7) is 5.64. The number of nitrogens with zero attached hydrogens (tertiary/aromatic N) is 6. The highest BCUT2D eigenvalue weighted by atomic mass is 15.3. The smallest absolute Gasteiger partial charge is 0.191 e. The lowest BCUT2D eigenvalue weighted by molar-refractivity contribution is 0.306. The van der Waals surface area contributed by atoms with E-state index in [2.05, 4.69) is 77.9 Å². The summed E-state index contributed by atoms with van der Waals surface area (Å²) in [5.74, 6) is 0.797. The summed E-state index contributed by atoms with van der Waals surface area (Å²) in [6.07, 6.45) is 7.68. The van der Waals surface area contributed by atoms with Crippen LogP contribution in [-0.4, -0.2) is 57.6 Å². The molecule has 3 rings (SSSR count). The quantitative estimate of drug-likeness (QED) is 0.443. The van der Waals surface area contributed by atoms with E-state index in [1.165, 1.54) is 5.56 Å². The van der Waals surface area contributed by atoms with E-state index in [-0.39, 0.29) is 12.1 Å². The van der Waals surface area contributed by atoms with Crippen LogP contribution in [0.15, 0.2) is 60.1 Å². The molecule has 0 spiro atoms. The van der Waals surface area contributed by atoms with E-state index in [9.17, 15) is 0 Å². The second kappa shape index (κ2) is 10.1. The Hall–Kier alpha value is -3.13. The minimum absolute atomic E-state index is 0.0921. The molecule has 0 saturated heterocycles. The monoisotopic (exact) mass is 408 g/mol. The van der Waals surface area contributed by atoms with Crippen molar-refractivity contribution in [1.82, 2.24) is 35.1 Å². The Morgan fingerprint density at radius 1 is 1.20 bits per heavy atom. The van der Waals surface area contributed by atoms with Gasteiger partial charge in [0.1, 0.15) is 0 Å². The summed E-state index contributed by atoms with van der Waals surface area (Å²) >= 11 is 0. The summed E-state index contributed by atoms with van der Waals surface area (Å²) in [7, 11) is 6.07. The molecule has 2 aromatic heterocycles. The van der Waals surface area contributed by atoms with Gasteiger partial charge in [-0.2, -0.15) is 10.2 Å². The van der Waals surface area contributed by atoms with Crippen LogP contribution in [0.4, 0.5) is 0 Å². The number of hydrogen-bond acceptors (Lipinski definition) is 4. The molecule has 0 saturated carbocycles. The van der Waals surface area contributed by atoms with Gasteiger partial charge in [-0.25, -0.2) is 4.68 Å². The number of likely N-dealkylation sites (N-methyl/N-ethyl adjacent to an activating group) is 1. The maximum atomic E-state index is 4.86. The maximum Gasteiger partial charge on any atom is 0.191 e. The first kappa shape index (κ1) is 21.6. The Bertz CT molecular complexity index is 942. The SMILES string of the molecule is CCNC(=NCC(c1cnn(C)c1)N(C)C)NC(C)c1cccc(-n2cccn2)c1. The molecular formula is C22H32N8. The van der Waals surface area contributed by atoms with Gasteiger partial charge in [0.25, 0.3) is 0 Å². The molecule has 0 radical (unpaired) electrons. The van der Waals surface area contributed by atoms with Crippen LogP contribution in [0.3, 0.4) is 0 Å². The Morgan fingerprint density at radius 3 is 2.67 bits per heavy atom. The summed E-state index contributed by atoms with van der Waals surface area (Å²) in [5.41, 5.74) is 3.37. The molecule has 0 bridgehead atoms. The summed E-state index contributed by atoms with van der Waals surface area (Å²) < 4.78 is 3.69. The lowest BCUT2D eigenvalue weighted by Crippen LogP contribution is -2.39. The van der Waals surface area contributed by atoms with Crippen LogP contribution in [0.1, 0.15) is 37.1 Å². The zero-order valence-electron chi connectivity index (χ0n) is 18.4. The Balaban J connectivity index is 1.73. The second-order valence-electron chi connectivity index (χ2n) is 7.56. The van der Waals surface area contributed by atoms with Crippen LogP contribution < -0.4 is 10.6 Å². The van der Waals surface area contributed by atoms with Crippen molar-refractivity contribution in [3.8, 4) is 5.69 Å². The van der Waals surface area contributed by atoms with Crippen molar-refractivity contribution in [3.05, 3.63) is 66.2 Å². The third kappa shape index (κ3) is 5.48. The Morgan fingerprint density at radius 2 is 2.03 bits per heavy atom. The van der Waals surface area contributed by atoms with Gasteiger partial charge in [0.05, 0.1) is 30.5 Å². The highest BCUT2D eigenvalue weighted by Crippen LogP contribution is 2.19. The molecule has 1 aromatic carbocycles. The summed E-state index contributed by atoms with van der Waals surface area (Å²) in [4.78, 5) is 7.02. The second-order valence-corrected chi connectivity index (χ2v) is 7.56. The molecule has 30 heavy (non-hydrogen) atoms. The van der Waals surface area contributed by atoms with Gasteiger partial charge in [0.15, 0.2) is 5.96 Å². The van der Waals surface area contributed by atoms with Gasteiger partial charge in [0, 0.05) is 37.7 Å². The number of benzene rings is 1. The lowest BCUT2D eigenvalue weighted by atomic mass is 10.1. The van der Waals surface area contributed by atoms with Crippen molar-refractivity contribution in [1.29, 1.82) is 0 Å². The minimum Gasteiger partial charge on any atom is -0.357 e. The van der Waals surface area contributed by atoms with Gasteiger partial charge < -0.3 is 15.5 Å². The molecule has 0 amide bonds. The Kier molecular flexibility index (Phi) is 7.24. The van der Waals surface area contributed by atoms with E-state index < -0.39 is 0 Å². The first-order valence-electron chi connectivity index (χ1n) is 10.3. The van der Waals surface area contributed by atoms with Crippen molar-refractivity contribution in [2.75, 3.05) is 27.2 Å². The van der Waals surface area contributed by atoms with Crippen molar-refractivity contribution in [3.63, 3.8) is 0 Å². The predicted octanol–water partition coefficient (Wildman–Crippen LogP) is 2.52. The van der Waals surface area contributed by atoms with E-state index in [0.717, 1.165) is 23.8 Å². The summed E-state index contributed by atoms with van der Waals surface area (Å²) in [6, 6.07) is 10.5. The largest absolute Gasteiger partial charge is 0.357 e. The van der Waals surface area contributed by atoms with Crippen molar-refractivity contribution < 1.29 is 0 Å². The normalized spacial score (nSPS) is 14.0. The van der Waals surface area contributed by atoms with Gasteiger partial charge in [-0.05, 0) is 51.7 Å². The lowest BCUT2D eigenvalue weighted by Gasteiger charge is -2.23. The number of guanidine groups is 1. The standard InChI is InChI=1S/C22H32N8/c1-6-23-22(24-15-21(28(3)4)19-14-26-29(5)16-19)27-17(2)18-9-7-10-20(13-18)30-12-8-11-25-30/h7-14,16-17,21H,6,15H2,1-5H3,(H2,23,24,27). The zero-order valence-corrected chi connectivity index (χ0v) is 18.4. The van der Waals surface area contributed by atoms with Gasteiger partial charge in [-0.3, -0.25) is 9.67 Å². The highest BCUT2D eigenvalue weighted by Gasteiger charge is 2.16. The van der Waals surface area contributed by atoms with Gasteiger partial charge in [0.2, 0.25) is 0 Å². The fourth-order valence-corrected chi connectivity index (χ4v) is 3.32. The molecule has 2 unspecified atom stereocenters. The molecule has 0 aliphatic rings. The van der Waals surface area contributed by atoms with E-state index in [1.807, 2.05) is 41.1 Å². The highest BCUT2D eigenvalue weighted by molar-refractivity contribution is 5.80. The molecule has 8 nitrogen and oxygen atoms in total. The number of aryl methyl sites for hydroxylation is 1.